The predicted octanol–water partition coefficient (Wildman–Crippen LogP) is 2.91. The van der Waals surface area contributed by atoms with Crippen molar-refractivity contribution in [2.75, 3.05) is 0 Å². The number of carbonyl (C=O) groups excluding carboxylic acids is 1. The van der Waals surface area contributed by atoms with Crippen molar-refractivity contribution in [1.29, 1.82) is 0 Å². The van der Waals surface area contributed by atoms with Gasteiger partial charge in [0, 0.05) is 16.6 Å². The van der Waals surface area contributed by atoms with Crippen LogP contribution < -0.4 is 5.32 Å². The van der Waals surface area contributed by atoms with Gasteiger partial charge in [-0.3, -0.25) is 4.79 Å². The molecule has 0 fully saturated rings. The summed E-state index contributed by atoms with van der Waals surface area (Å²) < 4.78 is 1.62. The van der Waals surface area contributed by atoms with Crippen molar-refractivity contribution in [3.8, 4) is 5.69 Å². The molecule has 3 rings (SSSR count). The molecule has 0 aliphatic heterocycles. The van der Waals surface area contributed by atoms with Gasteiger partial charge in [0.2, 0.25) is 0 Å². The number of aryl methyl sites for hydroxylation is 1. The van der Waals surface area contributed by atoms with E-state index in [1.807, 2.05) is 32.2 Å². The number of rotatable bonds is 5. The number of amides is 1. The summed E-state index contributed by atoms with van der Waals surface area (Å²) in [5.41, 5.74) is 1.39. The molecule has 1 atom stereocenters. The third-order valence-corrected chi connectivity index (χ3v) is 4.47. The Bertz CT molecular complexity index is 796. The zero-order valence-corrected chi connectivity index (χ0v) is 13.7. The maximum absolute atomic E-state index is 12.5. The number of nitrogens with one attached hydrogen (secondary N) is 1. The van der Waals surface area contributed by atoms with E-state index >= 15 is 0 Å². The van der Waals surface area contributed by atoms with Crippen LogP contribution in [0.5, 0.6) is 0 Å². The van der Waals surface area contributed by atoms with Crippen LogP contribution in [0.25, 0.3) is 5.69 Å². The fourth-order valence-corrected chi connectivity index (χ4v) is 3.16. The highest BCUT2D eigenvalue weighted by Crippen LogP contribution is 2.22. The topological polar surface area (TPSA) is 72.7 Å². The number of hydrogen-bond donors (Lipinski definition) is 1. The third-order valence-electron chi connectivity index (χ3n) is 3.45. The molecule has 1 amide bonds. The van der Waals surface area contributed by atoms with Gasteiger partial charge in [-0.2, -0.15) is 0 Å². The zero-order valence-electron chi connectivity index (χ0n) is 12.9. The Morgan fingerprint density at radius 3 is 2.96 bits per heavy atom. The molecule has 0 spiro atoms. The van der Waals surface area contributed by atoms with Crippen molar-refractivity contribution in [1.82, 2.24) is 25.3 Å². The van der Waals surface area contributed by atoms with E-state index in [0.717, 1.165) is 22.0 Å². The van der Waals surface area contributed by atoms with Crippen molar-refractivity contribution in [3.63, 3.8) is 0 Å². The Kier molecular flexibility index (Phi) is 4.47. The lowest BCUT2D eigenvalue weighted by atomic mass is 10.1. The van der Waals surface area contributed by atoms with Crippen LogP contribution >= 0.6 is 11.3 Å². The Morgan fingerprint density at radius 1 is 1.43 bits per heavy atom. The molecule has 6 nitrogen and oxygen atoms in total. The van der Waals surface area contributed by atoms with Crippen LogP contribution in [0.3, 0.4) is 0 Å². The Labute approximate surface area is 138 Å². The highest BCUT2D eigenvalue weighted by atomic mass is 32.1. The van der Waals surface area contributed by atoms with Crippen LogP contribution in [0.1, 0.15) is 39.6 Å². The fraction of sp³-hybridized carbons (Fsp3) is 0.250. The van der Waals surface area contributed by atoms with E-state index in [1.165, 1.54) is 0 Å². The summed E-state index contributed by atoms with van der Waals surface area (Å²) in [4.78, 5) is 18.0. The van der Waals surface area contributed by atoms with Gasteiger partial charge in [0.05, 0.1) is 24.1 Å². The second-order valence-corrected chi connectivity index (χ2v) is 6.41. The summed E-state index contributed by atoms with van der Waals surface area (Å²) in [6, 6.07) is 7.23. The monoisotopic (exact) mass is 327 g/mol. The second kappa shape index (κ2) is 6.70. The first-order valence-corrected chi connectivity index (χ1v) is 8.19. The minimum absolute atomic E-state index is 0.0729. The highest BCUT2D eigenvalue weighted by Gasteiger charge is 2.17. The van der Waals surface area contributed by atoms with Gasteiger partial charge in [-0.05, 0) is 31.5 Å². The molecular weight excluding hydrogens is 310 g/mol. The molecule has 0 aliphatic carbocycles. The molecule has 7 heteroatoms. The molecule has 1 unspecified atom stereocenters. The molecule has 1 N–H and O–H groups in total. The van der Waals surface area contributed by atoms with Crippen molar-refractivity contribution in [2.24, 2.45) is 0 Å². The summed E-state index contributed by atoms with van der Waals surface area (Å²) in [6.07, 6.45) is 5.97. The summed E-state index contributed by atoms with van der Waals surface area (Å²) in [7, 11) is 0. The molecule has 2 heterocycles. The molecule has 0 aliphatic rings. The molecule has 118 valence electrons. The lowest BCUT2D eigenvalue weighted by Gasteiger charge is -2.14. The highest BCUT2D eigenvalue weighted by molar-refractivity contribution is 7.11. The molecule has 0 bridgehead atoms. The van der Waals surface area contributed by atoms with E-state index in [1.54, 1.807) is 40.5 Å². The normalized spacial score (nSPS) is 12.1. The first kappa shape index (κ1) is 15.4. The minimum atomic E-state index is -0.119. The minimum Gasteiger partial charge on any atom is -0.343 e. The number of hydrogen-bond acceptors (Lipinski definition) is 5. The zero-order chi connectivity index (χ0) is 16.2. The van der Waals surface area contributed by atoms with E-state index in [4.69, 9.17) is 0 Å². The van der Waals surface area contributed by atoms with Crippen LogP contribution in [0.2, 0.25) is 0 Å². The Balaban J connectivity index is 1.79. The molecule has 0 radical (unpaired) electrons. The van der Waals surface area contributed by atoms with Crippen LogP contribution in [0.4, 0.5) is 0 Å². The summed E-state index contributed by atoms with van der Waals surface area (Å²) >= 11 is 1.61. The molecule has 3 aromatic rings. The lowest BCUT2D eigenvalue weighted by Crippen LogP contribution is -2.28. The smallest absolute Gasteiger partial charge is 0.251 e. The standard InChI is InChI=1S/C16H17N5OS/c1-3-14(16-17-10-11(2)23-16)19-15(22)12-5-4-6-13(9-12)21-8-7-18-20-21/h4-10,14H,3H2,1-2H3,(H,19,22). The van der Waals surface area contributed by atoms with Crippen molar-refractivity contribution in [3.05, 3.63) is 58.3 Å². The molecule has 2 aromatic heterocycles. The first-order valence-electron chi connectivity index (χ1n) is 7.37. The van der Waals surface area contributed by atoms with Crippen molar-refractivity contribution < 1.29 is 4.79 Å². The maximum atomic E-state index is 12.5. The average molecular weight is 327 g/mol. The van der Waals surface area contributed by atoms with Gasteiger partial charge >= 0.3 is 0 Å². The average Bonchev–Trinajstić information content (AvgIpc) is 3.24. The van der Waals surface area contributed by atoms with Gasteiger partial charge < -0.3 is 5.32 Å². The van der Waals surface area contributed by atoms with Gasteiger partial charge in [-0.25, -0.2) is 9.67 Å². The van der Waals surface area contributed by atoms with Crippen LogP contribution in [-0.2, 0) is 0 Å². The van der Waals surface area contributed by atoms with E-state index in [0.29, 0.717) is 5.56 Å². The summed E-state index contributed by atoms with van der Waals surface area (Å²) in [5, 5.41) is 11.7. The van der Waals surface area contributed by atoms with Gasteiger partial charge in [0.1, 0.15) is 5.01 Å². The third kappa shape index (κ3) is 3.45. The summed E-state index contributed by atoms with van der Waals surface area (Å²) in [6.45, 7) is 4.05. The summed E-state index contributed by atoms with van der Waals surface area (Å²) in [5.74, 6) is -0.119. The van der Waals surface area contributed by atoms with Gasteiger partial charge in [0.15, 0.2) is 0 Å². The Hall–Kier alpha value is -2.54. The van der Waals surface area contributed by atoms with Crippen LogP contribution in [0.15, 0.2) is 42.9 Å². The predicted molar refractivity (Wildman–Crippen MR) is 88.7 cm³/mol. The molecule has 1 aromatic carbocycles. The first-order chi connectivity index (χ1) is 11.2. The number of thiazole rings is 1. The van der Waals surface area contributed by atoms with Gasteiger partial charge in [-0.15, -0.1) is 16.4 Å². The van der Waals surface area contributed by atoms with E-state index in [2.05, 4.69) is 20.6 Å². The number of aromatic nitrogens is 4. The van der Waals surface area contributed by atoms with Gasteiger partial charge in [0.25, 0.3) is 5.91 Å². The maximum Gasteiger partial charge on any atom is 0.251 e. The molecule has 0 saturated heterocycles. The lowest BCUT2D eigenvalue weighted by molar-refractivity contribution is 0.0935. The number of carbonyl (C=O) groups is 1. The second-order valence-electron chi connectivity index (χ2n) is 5.14. The fourth-order valence-electron chi connectivity index (χ4n) is 2.25. The van der Waals surface area contributed by atoms with E-state index < -0.39 is 0 Å². The number of benzene rings is 1. The van der Waals surface area contributed by atoms with Crippen molar-refractivity contribution in [2.45, 2.75) is 26.3 Å². The quantitative estimate of drug-likeness (QED) is 0.782. The molecular formula is C16H17N5OS. The van der Waals surface area contributed by atoms with Crippen molar-refractivity contribution >= 4 is 17.2 Å². The van der Waals surface area contributed by atoms with Crippen LogP contribution in [-0.4, -0.2) is 25.9 Å². The molecule has 23 heavy (non-hydrogen) atoms. The van der Waals surface area contributed by atoms with Crippen LogP contribution in [0, 0.1) is 6.92 Å². The van der Waals surface area contributed by atoms with E-state index in [-0.39, 0.29) is 11.9 Å². The number of nitrogens with zero attached hydrogens (tertiary/aromatic N) is 4. The van der Waals surface area contributed by atoms with E-state index in [9.17, 15) is 4.79 Å². The SMILES string of the molecule is CCC(NC(=O)c1cccc(-n2ccnn2)c1)c1ncc(C)s1. The molecule has 0 saturated carbocycles. The van der Waals surface area contributed by atoms with Gasteiger partial charge in [-0.1, -0.05) is 18.2 Å². The largest absolute Gasteiger partial charge is 0.343 e. The Morgan fingerprint density at radius 2 is 2.30 bits per heavy atom.